The SMILES string of the molecule is NS(=O)(=O)OC[C@H]1C[C@@H](Cc2ncncc2C(=O)c2ccn(/C=C\c3ccccc3)c2)C[C@@H]1O. The standard InChI is InChI=1S/C24H26N4O5S/c25-34(31,32)33-15-20-10-18(12-23(20)29)11-22-21(13-26-16-27-22)24(30)19-7-9-28(14-19)8-6-17-4-2-1-3-5-17/h1-9,13-14,16,18,20,23,29H,10-12,15H2,(H2,25,31,32)/b8-6-/t18-,20+,23-/m0/s1. The zero-order valence-electron chi connectivity index (χ0n) is 18.4. The van der Waals surface area contributed by atoms with Gasteiger partial charge in [-0.15, -0.1) is 0 Å². The van der Waals surface area contributed by atoms with E-state index in [1.807, 2.05) is 47.2 Å². The number of aliphatic hydroxyl groups is 1. The Labute approximate surface area is 198 Å². The first kappa shape index (κ1) is 24.0. The molecule has 1 fully saturated rings. The fourth-order valence-electron chi connectivity index (χ4n) is 4.26. The van der Waals surface area contributed by atoms with Crippen molar-refractivity contribution >= 4 is 28.4 Å². The van der Waals surface area contributed by atoms with Gasteiger partial charge in [-0.1, -0.05) is 30.3 Å². The number of carbonyl (C=O) groups excluding carboxylic acids is 1. The number of benzene rings is 1. The summed E-state index contributed by atoms with van der Waals surface area (Å²) in [6, 6.07) is 11.6. The van der Waals surface area contributed by atoms with Gasteiger partial charge in [0, 0.05) is 36.3 Å². The lowest BCUT2D eigenvalue weighted by atomic mass is 9.95. The van der Waals surface area contributed by atoms with E-state index in [1.165, 1.54) is 12.5 Å². The highest BCUT2D eigenvalue weighted by molar-refractivity contribution is 7.84. The van der Waals surface area contributed by atoms with Gasteiger partial charge in [0.15, 0.2) is 5.78 Å². The number of rotatable bonds is 9. The van der Waals surface area contributed by atoms with Gasteiger partial charge >= 0.3 is 10.3 Å². The second-order valence-electron chi connectivity index (χ2n) is 8.43. The van der Waals surface area contributed by atoms with Crippen molar-refractivity contribution in [1.82, 2.24) is 14.5 Å². The molecule has 4 rings (SSSR count). The lowest BCUT2D eigenvalue weighted by Gasteiger charge is -2.13. The molecule has 1 aliphatic carbocycles. The molecule has 0 amide bonds. The molecule has 1 saturated carbocycles. The van der Waals surface area contributed by atoms with Crippen LogP contribution < -0.4 is 5.14 Å². The molecule has 1 aliphatic rings. The Hall–Kier alpha value is -3.18. The van der Waals surface area contributed by atoms with Gasteiger partial charge in [-0.2, -0.15) is 8.42 Å². The first-order valence-electron chi connectivity index (χ1n) is 10.9. The van der Waals surface area contributed by atoms with Crippen molar-refractivity contribution in [2.45, 2.75) is 25.4 Å². The Bertz CT molecular complexity index is 1270. The molecule has 0 unspecified atom stereocenters. The van der Waals surface area contributed by atoms with E-state index in [9.17, 15) is 18.3 Å². The van der Waals surface area contributed by atoms with E-state index < -0.39 is 16.4 Å². The molecule has 10 heteroatoms. The molecular weight excluding hydrogens is 456 g/mol. The van der Waals surface area contributed by atoms with Crippen molar-refractivity contribution in [2.75, 3.05) is 6.61 Å². The maximum Gasteiger partial charge on any atom is 0.333 e. The highest BCUT2D eigenvalue weighted by Crippen LogP contribution is 2.34. The highest BCUT2D eigenvalue weighted by atomic mass is 32.2. The summed E-state index contributed by atoms with van der Waals surface area (Å²) in [5.74, 6) is -0.520. The van der Waals surface area contributed by atoms with Gasteiger partial charge in [-0.3, -0.25) is 8.98 Å². The van der Waals surface area contributed by atoms with Crippen LogP contribution in [0.5, 0.6) is 0 Å². The molecule has 34 heavy (non-hydrogen) atoms. The smallest absolute Gasteiger partial charge is 0.333 e. The van der Waals surface area contributed by atoms with Crippen molar-refractivity contribution < 1.29 is 22.5 Å². The number of aliphatic hydroxyl groups excluding tert-OH is 1. The predicted molar refractivity (Wildman–Crippen MR) is 127 cm³/mol. The van der Waals surface area contributed by atoms with E-state index in [4.69, 9.17) is 5.14 Å². The van der Waals surface area contributed by atoms with Crippen molar-refractivity contribution in [3.63, 3.8) is 0 Å². The quantitative estimate of drug-likeness (QED) is 0.446. The Morgan fingerprint density at radius 3 is 2.79 bits per heavy atom. The molecule has 178 valence electrons. The van der Waals surface area contributed by atoms with Crippen LogP contribution in [-0.4, -0.2) is 46.6 Å². The van der Waals surface area contributed by atoms with Crippen molar-refractivity contribution in [3.05, 3.63) is 83.7 Å². The van der Waals surface area contributed by atoms with Crippen LogP contribution in [0, 0.1) is 11.8 Å². The van der Waals surface area contributed by atoms with E-state index in [0.29, 0.717) is 36.1 Å². The molecule has 9 nitrogen and oxygen atoms in total. The first-order chi connectivity index (χ1) is 16.3. The van der Waals surface area contributed by atoms with Gasteiger partial charge in [0.1, 0.15) is 6.33 Å². The molecule has 3 atom stereocenters. The normalized spacial score (nSPS) is 20.7. The summed E-state index contributed by atoms with van der Waals surface area (Å²) in [5.41, 5.74) is 2.57. The van der Waals surface area contributed by atoms with Crippen LogP contribution in [0.1, 0.15) is 40.0 Å². The molecule has 2 aromatic heterocycles. The Morgan fingerprint density at radius 2 is 2.03 bits per heavy atom. The van der Waals surface area contributed by atoms with Crippen molar-refractivity contribution in [1.29, 1.82) is 0 Å². The topological polar surface area (TPSA) is 137 Å². The molecule has 0 saturated heterocycles. The van der Waals surface area contributed by atoms with Gasteiger partial charge in [0.25, 0.3) is 0 Å². The molecule has 3 aromatic rings. The summed E-state index contributed by atoms with van der Waals surface area (Å²) in [6.45, 7) is -0.171. The number of carbonyl (C=O) groups is 1. The van der Waals surface area contributed by atoms with E-state index in [0.717, 1.165) is 5.56 Å². The van der Waals surface area contributed by atoms with Crippen LogP contribution in [0.25, 0.3) is 12.3 Å². The zero-order valence-corrected chi connectivity index (χ0v) is 19.2. The minimum absolute atomic E-state index is 0.0175. The van der Waals surface area contributed by atoms with Gasteiger partial charge in [0.05, 0.1) is 24.0 Å². The number of ketones is 1. The number of nitrogens with zero attached hydrogens (tertiary/aromatic N) is 3. The highest BCUT2D eigenvalue weighted by Gasteiger charge is 2.34. The second-order valence-corrected chi connectivity index (χ2v) is 9.65. The molecular formula is C24H26N4O5S. The number of aromatic nitrogens is 3. The van der Waals surface area contributed by atoms with Crippen LogP contribution in [0.2, 0.25) is 0 Å². The fourth-order valence-corrected chi connectivity index (χ4v) is 4.62. The monoisotopic (exact) mass is 482 g/mol. The van der Waals surface area contributed by atoms with Crippen LogP contribution in [-0.2, 0) is 20.9 Å². The average Bonchev–Trinajstić information content (AvgIpc) is 3.43. The third-order valence-corrected chi connectivity index (χ3v) is 6.40. The number of hydrogen-bond donors (Lipinski definition) is 2. The molecule has 3 N–H and O–H groups in total. The summed E-state index contributed by atoms with van der Waals surface area (Å²) >= 11 is 0. The van der Waals surface area contributed by atoms with Crippen LogP contribution in [0.4, 0.5) is 0 Å². The largest absolute Gasteiger partial charge is 0.393 e. The third kappa shape index (κ3) is 6.23. The molecule has 0 radical (unpaired) electrons. The molecule has 0 aliphatic heterocycles. The first-order valence-corrected chi connectivity index (χ1v) is 12.3. The van der Waals surface area contributed by atoms with Crippen molar-refractivity contribution in [3.8, 4) is 0 Å². The van der Waals surface area contributed by atoms with Gasteiger partial charge in [-0.05, 0) is 42.9 Å². The minimum Gasteiger partial charge on any atom is -0.393 e. The Morgan fingerprint density at radius 1 is 1.24 bits per heavy atom. The number of nitrogens with two attached hydrogens (primary N) is 1. The zero-order chi connectivity index (χ0) is 24.1. The average molecular weight is 483 g/mol. The third-order valence-electron chi connectivity index (χ3n) is 5.94. The summed E-state index contributed by atoms with van der Waals surface area (Å²) in [7, 11) is -4.06. The van der Waals surface area contributed by atoms with Crippen LogP contribution >= 0.6 is 0 Å². The fraction of sp³-hybridized carbons (Fsp3) is 0.292. The Kier molecular flexibility index (Phi) is 7.32. The molecule has 0 bridgehead atoms. The maximum atomic E-state index is 13.2. The lowest BCUT2D eigenvalue weighted by Crippen LogP contribution is -2.24. The summed E-state index contributed by atoms with van der Waals surface area (Å²) in [5, 5.41) is 15.2. The molecule has 1 aromatic carbocycles. The van der Waals surface area contributed by atoms with Crippen molar-refractivity contribution in [2.24, 2.45) is 17.0 Å². The minimum atomic E-state index is -4.06. The molecule has 0 spiro atoms. The molecule has 2 heterocycles. The lowest BCUT2D eigenvalue weighted by molar-refractivity contribution is 0.100. The summed E-state index contributed by atoms with van der Waals surface area (Å²) < 4.78 is 28.6. The van der Waals surface area contributed by atoms with Crippen LogP contribution in [0.15, 0.2) is 61.3 Å². The van der Waals surface area contributed by atoms with Crippen LogP contribution in [0.3, 0.4) is 0 Å². The van der Waals surface area contributed by atoms with E-state index in [2.05, 4.69) is 14.2 Å². The van der Waals surface area contributed by atoms with E-state index in [1.54, 1.807) is 18.5 Å². The maximum absolute atomic E-state index is 13.2. The summed E-state index contributed by atoms with van der Waals surface area (Å²) in [6.07, 6.45) is 11.0. The summed E-state index contributed by atoms with van der Waals surface area (Å²) in [4.78, 5) is 21.6. The van der Waals surface area contributed by atoms with Gasteiger partial charge in [-0.25, -0.2) is 15.1 Å². The van der Waals surface area contributed by atoms with Gasteiger partial charge in [0.2, 0.25) is 0 Å². The number of hydrogen-bond acceptors (Lipinski definition) is 7. The van der Waals surface area contributed by atoms with E-state index >= 15 is 0 Å². The van der Waals surface area contributed by atoms with E-state index in [-0.39, 0.29) is 24.2 Å². The predicted octanol–water partition coefficient (Wildman–Crippen LogP) is 2.29. The van der Waals surface area contributed by atoms with Gasteiger partial charge < -0.3 is 9.67 Å². The Balaban J connectivity index is 1.44. The second kappa shape index (κ2) is 10.4.